The van der Waals surface area contributed by atoms with Crippen LogP contribution in [0.25, 0.3) is 0 Å². The Morgan fingerprint density at radius 1 is 1.48 bits per heavy atom. The lowest BCUT2D eigenvalue weighted by atomic mass is 10.2. The molecular formula is C14H18N4O3. The van der Waals surface area contributed by atoms with Crippen LogP contribution in [0.2, 0.25) is 0 Å². The number of nitro benzene ring substituents is 1. The van der Waals surface area contributed by atoms with Crippen molar-refractivity contribution in [3.8, 4) is 5.75 Å². The van der Waals surface area contributed by atoms with Crippen molar-refractivity contribution >= 4 is 11.4 Å². The van der Waals surface area contributed by atoms with E-state index in [1.54, 1.807) is 10.7 Å². The van der Waals surface area contributed by atoms with Gasteiger partial charge in [0, 0.05) is 31.4 Å². The van der Waals surface area contributed by atoms with Gasteiger partial charge < -0.3 is 10.1 Å². The van der Waals surface area contributed by atoms with Crippen LogP contribution in [0.5, 0.6) is 5.75 Å². The van der Waals surface area contributed by atoms with E-state index in [0.717, 1.165) is 17.7 Å². The molecule has 0 radical (unpaired) electrons. The molecule has 2 aromatic rings. The average Bonchev–Trinajstić information content (AvgIpc) is 2.84. The van der Waals surface area contributed by atoms with Crippen molar-refractivity contribution in [1.82, 2.24) is 9.78 Å². The Balaban J connectivity index is 2.17. The maximum atomic E-state index is 10.8. The van der Waals surface area contributed by atoms with Gasteiger partial charge in [-0.15, -0.1) is 0 Å². The summed E-state index contributed by atoms with van der Waals surface area (Å²) >= 11 is 0. The molecule has 0 aliphatic rings. The number of aryl methyl sites for hydroxylation is 2. The number of hydrogen-bond acceptors (Lipinski definition) is 5. The SMILES string of the molecule is CCc1nn(C)cc1CNc1ccc([N+](=O)[O-])cc1OC. The number of non-ortho nitro benzene ring substituents is 1. The van der Waals surface area contributed by atoms with Crippen LogP contribution in [0, 0.1) is 10.1 Å². The highest BCUT2D eigenvalue weighted by Crippen LogP contribution is 2.29. The number of benzene rings is 1. The minimum absolute atomic E-state index is 0.00743. The molecule has 1 aromatic heterocycles. The third kappa shape index (κ3) is 3.31. The highest BCUT2D eigenvalue weighted by molar-refractivity contribution is 5.60. The second-order valence-corrected chi connectivity index (χ2v) is 4.62. The summed E-state index contributed by atoms with van der Waals surface area (Å²) < 4.78 is 6.98. The Labute approximate surface area is 122 Å². The summed E-state index contributed by atoms with van der Waals surface area (Å²) in [6.07, 6.45) is 2.82. The monoisotopic (exact) mass is 290 g/mol. The third-order valence-corrected chi connectivity index (χ3v) is 3.19. The fraction of sp³-hybridized carbons (Fsp3) is 0.357. The van der Waals surface area contributed by atoms with E-state index in [1.165, 1.54) is 19.2 Å². The first-order valence-corrected chi connectivity index (χ1v) is 6.62. The number of methoxy groups -OCH3 is 1. The summed E-state index contributed by atoms with van der Waals surface area (Å²) in [7, 11) is 3.38. The summed E-state index contributed by atoms with van der Waals surface area (Å²) in [5.74, 6) is 0.450. The Hall–Kier alpha value is -2.57. The van der Waals surface area contributed by atoms with Gasteiger partial charge in [-0.3, -0.25) is 14.8 Å². The van der Waals surface area contributed by atoms with E-state index in [2.05, 4.69) is 17.3 Å². The van der Waals surface area contributed by atoms with Crippen molar-refractivity contribution in [2.75, 3.05) is 12.4 Å². The maximum absolute atomic E-state index is 10.8. The summed E-state index contributed by atoms with van der Waals surface area (Å²) in [5.41, 5.74) is 2.85. The van der Waals surface area contributed by atoms with Crippen LogP contribution < -0.4 is 10.1 Å². The average molecular weight is 290 g/mol. The quantitative estimate of drug-likeness (QED) is 0.653. The molecule has 7 heteroatoms. The van der Waals surface area contributed by atoms with Crippen molar-refractivity contribution in [3.63, 3.8) is 0 Å². The highest BCUT2D eigenvalue weighted by atomic mass is 16.6. The zero-order valence-electron chi connectivity index (χ0n) is 12.3. The van der Waals surface area contributed by atoms with Crippen LogP contribution in [0.15, 0.2) is 24.4 Å². The van der Waals surface area contributed by atoms with Crippen molar-refractivity contribution in [2.45, 2.75) is 19.9 Å². The molecule has 1 heterocycles. The fourth-order valence-corrected chi connectivity index (χ4v) is 2.16. The van der Waals surface area contributed by atoms with E-state index in [0.29, 0.717) is 18.0 Å². The molecule has 1 N–H and O–H groups in total. The molecule has 21 heavy (non-hydrogen) atoms. The van der Waals surface area contributed by atoms with Gasteiger partial charge in [0.1, 0.15) is 5.75 Å². The standard InChI is InChI=1S/C14H18N4O3/c1-4-12-10(9-17(2)16-12)8-15-13-6-5-11(18(19)20)7-14(13)21-3/h5-7,9,15H,4,8H2,1-3H3. The molecule has 0 saturated carbocycles. The third-order valence-electron chi connectivity index (χ3n) is 3.19. The second kappa shape index (κ2) is 6.25. The molecule has 0 aliphatic heterocycles. The normalized spacial score (nSPS) is 10.4. The smallest absolute Gasteiger partial charge is 0.273 e. The zero-order valence-corrected chi connectivity index (χ0v) is 12.3. The Bertz CT molecular complexity index is 652. The van der Waals surface area contributed by atoms with Gasteiger partial charge in [-0.05, 0) is 12.5 Å². The van der Waals surface area contributed by atoms with E-state index < -0.39 is 4.92 Å². The summed E-state index contributed by atoms with van der Waals surface area (Å²) in [4.78, 5) is 10.3. The minimum Gasteiger partial charge on any atom is -0.494 e. The number of anilines is 1. The molecule has 0 saturated heterocycles. The molecule has 1 aromatic carbocycles. The molecule has 0 aliphatic carbocycles. The van der Waals surface area contributed by atoms with Crippen LogP contribution >= 0.6 is 0 Å². The molecule has 112 valence electrons. The lowest BCUT2D eigenvalue weighted by Gasteiger charge is -2.10. The van der Waals surface area contributed by atoms with Crippen molar-refractivity contribution < 1.29 is 9.66 Å². The fourth-order valence-electron chi connectivity index (χ4n) is 2.16. The predicted molar refractivity (Wildman–Crippen MR) is 79.6 cm³/mol. The molecule has 0 unspecified atom stereocenters. The van der Waals surface area contributed by atoms with Gasteiger partial charge in [0.25, 0.3) is 5.69 Å². The van der Waals surface area contributed by atoms with Gasteiger partial charge in [-0.1, -0.05) is 6.92 Å². The molecule has 0 bridgehead atoms. The molecule has 0 atom stereocenters. The Kier molecular flexibility index (Phi) is 4.42. The van der Waals surface area contributed by atoms with E-state index in [9.17, 15) is 10.1 Å². The molecule has 0 amide bonds. The molecule has 7 nitrogen and oxygen atoms in total. The first kappa shape index (κ1) is 14.8. The predicted octanol–water partition coefficient (Wildman–Crippen LogP) is 2.51. The van der Waals surface area contributed by atoms with Gasteiger partial charge in [-0.25, -0.2) is 0 Å². The van der Waals surface area contributed by atoms with Gasteiger partial charge in [0.05, 0.1) is 29.5 Å². The number of nitrogens with one attached hydrogen (secondary N) is 1. The zero-order chi connectivity index (χ0) is 15.4. The number of rotatable bonds is 6. The topological polar surface area (TPSA) is 82.2 Å². The second-order valence-electron chi connectivity index (χ2n) is 4.62. The van der Waals surface area contributed by atoms with Crippen LogP contribution in [-0.4, -0.2) is 21.8 Å². The van der Waals surface area contributed by atoms with Gasteiger partial charge >= 0.3 is 0 Å². The van der Waals surface area contributed by atoms with Gasteiger partial charge in [0.15, 0.2) is 0 Å². The first-order chi connectivity index (χ1) is 10.0. The van der Waals surface area contributed by atoms with Crippen molar-refractivity contribution in [3.05, 3.63) is 45.8 Å². The Morgan fingerprint density at radius 3 is 2.86 bits per heavy atom. The van der Waals surface area contributed by atoms with Gasteiger partial charge in [0.2, 0.25) is 0 Å². The van der Waals surface area contributed by atoms with Crippen LogP contribution in [0.1, 0.15) is 18.2 Å². The van der Waals surface area contributed by atoms with E-state index in [-0.39, 0.29) is 5.69 Å². The van der Waals surface area contributed by atoms with Crippen LogP contribution in [0.4, 0.5) is 11.4 Å². The maximum Gasteiger partial charge on any atom is 0.273 e. The first-order valence-electron chi connectivity index (χ1n) is 6.62. The molecule has 0 spiro atoms. The molecule has 0 fully saturated rings. The van der Waals surface area contributed by atoms with Gasteiger partial charge in [-0.2, -0.15) is 5.10 Å². The van der Waals surface area contributed by atoms with Crippen molar-refractivity contribution in [2.24, 2.45) is 7.05 Å². The molecular weight excluding hydrogens is 272 g/mol. The van der Waals surface area contributed by atoms with Crippen LogP contribution in [0.3, 0.4) is 0 Å². The number of ether oxygens (including phenoxy) is 1. The summed E-state index contributed by atoms with van der Waals surface area (Å²) in [5, 5.41) is 18.4. The highest BCUT2D eigenvalue weighted by Gasteiger charge is 2.12. The summed E-state index contributed by atoms with van der Waals surface area (Å²) in [6.45, 7) is 2.64. The van der Waals surface area contributed by atoms with E-state index >= 15 is 0 Å². The number of aromatic nitrogens is 2. The van der Waals surface area contributed by atoms with Crippen LogP contribution in [-0.2, 0) is 20.0 Å². The van der Waals surface area contributed by atoms with E-state index in [4.69, 9.17) is 4.74 Å². The lowest BCUT2D eigenvalue weighted by molar-refractivity contribution is -0.384. The van der Waals surface area contributed by atoms with Crippen molar-refractivity contribution in [1.29, 1.82) is 0 Å². The number of hydrogen-bond donors (Lipinski definition) is 1. The number of nitro groups is 1. The molecule has 2 rings (SSSR count). The van der Waals surface area contributed by atoms with E-state index in [1.807, 2.05) is 13.2 Å². The Morgan fingerprint density at radius 2 is 2.24 bits per heavy atom. The summed E-state index contributed by atoms with van der Waals surface area (Å²) in [6, 6.07) is 4.51. The lowest BCUT2D eigenvalue weighted by Crippen LogP contribution is -2.03. The number of nitrogens with zero attached hydrogens (tertiary/aromatic N) is 3. The minimum atomic E-state index is -0.442. The largest absolute Gasteiger partial charge is 0.494 e.